The number of carbonyl (C=O) groups excluding carboxylic acids is 1. The van der Waals surface area contributed by atoms with Crippen LogP contribution in [0.3, 0.4) is 0 Å². The van der Waals surface area contributed by atoms with Crippen molar-refractivity contribution in [2.24, 2.45) is 0 Å². The second kappa shape index (κ2) is 6.76. The third-order valence-electron chi connectivity index (χ3n) is 3.89. The van der Waals surface area contributed by atoms with E-state index in [1.165, 1.54) is 6.42 Å². The molecule has 7 heteroatoms. The minimum absolute atomic E-state index is 0.102. The second-order valence-corrected chi connectivity index (χ2v) is 5.49. The van der Waals surface area contributed by atoms with Crippen molar-refractivity contribution >= 4 is 5.91 Å². The van der Waals surface area contributed by atoms with Gasteiger partial charge in [0, 0.05) is 6.42 Å². The van der Waals surface area contributed by atoms with Crippen LogP contribution >= 0.6 is 0 Å². The standard InChI is InChI=1S/C13H21F3N2O2/c14-13(15,16)5-4-12(19)17-10-8-20-9-11(10)18-6-2-1-3-7-18/h10-11H,1-9H2,(H,17,19)/t10-,11-/m0/s1. The summed E-state index contributed by atoms with van der Waals surface area (Å²) < 4.78 is 41.6. The van der Waals surface area contributed by atoms with Gasteiger partial charge in [0.1, 0.15) is 0 Å². The zero-order valence-corrected chi connectivity index (χ0v) is 11.4. The molecule has 0 aromatic heterocycles. The van der Waals surface area contributed by atoms with Gasteiger partial charge in [-0.3, -0.25) is 9.69 Å². The van der Waals surface area contributed by atoms with Gasteiger partial charge in [0.25, 0.3) is 0 Å². The van der Waals surface area contributed by atoms with E-state index in [0.717, 1.165) is 25.9 Å². The first-order chi connectivity index (χ1) is 9.46. The maximum Gasteiger partial charge on any atom is 0.389 e. The van der Waals surface area contributed by atoms with Gasteiger partial charge in [0.2, 0.25) is 5.91 Å². The number of rotatable bonds is 4. The summed E-state index contributed by atoms with van der Waals surface area (Å²) in [5.74, 6) is -0.542. The van der Waals surface area contributed by atoms with E-state index >= 15 is 0 Å². The first-order valence-electron chi connectivity index (χ1n) is 7.13. The maximum absolute atomic E-state index is 12.1. The van der Waals surface area contributed by atoms with E-state index in [0.29, 0.717) is 13.2 Å². The molecule has 0 unspecified atom stereocenters. The topological polar surface area (TPSA) is 41.6 Å². The Hall–Kier alpha value is -0.820. The highest BCUT2D eigenvalue weighted by Gasteiger charge is 2.35. The van der Waals surface area contributed by atoms with E-state index in [1.807, 2.05) is 0 Å². The van der Waals surface area contributed by atoms with Crippen LogP contribution in [0, 0.1) is 0 Å². The average Bonchev–Trinajstić information content (AvgIpc) is 2.85. The number of amides is 1. The van der Waals surface area contributed by atoms with Gasteiger partial charge in [-0.15, -0.1) is 0 Å². The molecule has 1 amide bonds. The van der Waals surface area contributed by atoms with Crippen LogP contribution in [-0.4, -0.2) is 55.4 Å². The van der Waals surface area contributed by atoms with Crippen molar-refractivity contribution in [2.75, 3.05) is 26.3 Å². The van der Waals surface area contributed by atoms with Crippen LogP contribution in [0.5, 0.6) is 0 Å². The van der Waals surface area contributed by atoms with E-state index in [9.17, 15) is 18.0 Å². The van der Waals surface area contributed by atoms with Gasteiger partial charge in [-0.25, -0.2) is 0 Å². The van der Waals surface area contributed by atoms with Gasteiger partial charge < -0.3 is 10.1 Å². The van der Waals surface area contributed by atoms with Crippen molar-refractivity contribution in [1.29, 1.82) is 0 Å². The second-order valence-electron chi connectivity index (χ2n) is 5.49. The van der Waals surface area contributed by atoms with Crippen molar-refractivity contribution in [3.8, 4) is 0 Å². The summed E-state index contributed by atoms with van der Waals surface area (Å²) in [7, 11) is 0. The SMILES string of the molecule is O=C(CCC(F)(F)F)N[C@H]1COC[C@@H]1N1CCCCC1. The van der Waals surface area contributed by atoms with Crippen LogP contribution in [0.1, 0.15) is 32.1 Å². The molecule has 20 heavy (non-hydrogen) atoms. The molecule has 116 valence electrons. The molecule has 1 N–H and O–H groups in total. The highest BCUT2D eigenvalue weighted by Crippen LogP contribution is 2.22. The zero-order valence-electron chi connectivity index (χ0n) is 11.4. The Bertz CT molecular complexity index is 330. The molecule has 2 heterocycles. The summed E-state index contributed by atoms with van der Waals surface area (Å²) in [4.78, 5) is 13.9. The van der Waals surface area contributed by atoms with Crippen LogP contribution in [0.25, 0.3) is 0 Å². The average molecular weight is 294 g/mol. The lowest BCUT2D eigenvalue weighted by molar-refractivity contribution is -0.144. The first kappa shape index (κ1) is 15.6. The molecule has 0 bridgehead atoms. The Kier molecular flexibility index (Phi) is 5.26. The molecule has 2 fully saturated rings. The van der Waals surface area contributed by atoms with E-state index < -0.39 is 24.9 Å². The van der Waals surface area contributed by atoms with Gasteiger partial charge in [0.15, 0.2) is 0 Å². The summed E-state index contributed by atoms with van der Waals surface area (Å²) in [5.41, 5.74) is 0. The molecule has 2 atom stereocenters. The van der Waals surface area contributed by atoms with Gasteiger partial charge >= 0.3 is 6.18 Å². The molecule has 0 aromatic carbocycles. The Labute approximate surface area is 116 Å². The third-order valence-corrected chi connectivity index (χ3v) is 3.89. The van der Waals surface area contributed by atoms with E-state index in [4.69, 9.17) is 4.74 Å². The highest BCUT2D eigenvalue weighted by atomic mass is 19.4. The van der Waals surface area contributed by atoms with Gasteiger partial charge in [-0.2, -0.15) is 13.2 Å². The Balaban J connectivity index is 1.80. The lowest BCUT2D eigenvalue weighted by atomic mass is 10.0. The Morgan fingerprint density at radius 1 is 1.20 bits per heavy atom. The van der Waals surface area contributed by atoms with Crippen LogP contribution in [-0.2, 0) is 9.53 Å². The molecule has 4 nitrogen and oxygen atoms in total. The van der Waals surface area contributed by atoms with Crippen molar-refractivity contribution in [1.82, 2.24) is 10.2 Å². The zero-order chi connectivity index (χ0) is 14.6. The molecule has 2 saturated heterocycles. The van der Waals surface area contributed by atoms with E-state index in [2.05, 4.69) is 10.2 Å². The molecule has 0 saturated carbocycles. The van der Waals surface area contributed by atoms with Crippen molar-refractivity contribution in [3.05, 3.63) is 0 Å². The number of hydrogen-bond donors (Lipinski definition) is 1. The number of ether oxygens (including phenoxy) is 1. The molecule has 0 aliphatic carbocycles. The largest absolute Gasteiger partial charge is 0.389 e. The van der Waals surface area contributed by atoms with Crippen LogP contribution < -0.4 is 5.32 Å². The number of halogens is 3. The van der Waals surface area contributed by atoms with Crippen LogP contribution in [0.4, 0.5) is 13.2 Å². The molecule has 2 rings (SSSR count). The van der Waals surface area contributed by atoms with Gasteiger partial charge in [-0.1, -0.05) is 6.42 Å². The van der Waals surface area contributed by atoms with Gasteiger partial charge in [-0.05, 0) is 25.9 Å². The van der Waals surface area contributed by atoms with Crippen molar-refractivity contribution in [2.45, 2.75) is 50.4 Å². The maximum atomic E-state index is 12.1. The quantitative estimate of drug-likeness (QED) is 0.858. The number of hydrogen-bond acceptors (Lipinski definition) is 3. The molecular weight excluding hydrogens is 273 g/mol. The summed E-state index contributed by atoms with van der Waals surface area (Å²) in [5, 5.41) is 2.69. The normalized spacial score (nSPS) is 28.6. The van der Waals surface area contributed by atoms with Crippen LogP contribution in [0.15, 0.2) is 0 Å². The minimum atomic E-state index is -4.28. The molecule has 0 spiro atoms. The summed E-state index contributed by atoms with van der Waals surface area (Å²) in [6.45, 7) is 2.88. The number of carbonyl (C=O) groups is 1. The van der Waals surface area contributed by atoms with Gasteiger partial charge in [0.05, 0.1) is 31.7 Å². The predicted octanol–water partition coefficient (Wildman–Crippen LogP) is 1.70. The minimum Gasteiger partial charge on any atom is -0.378 e. The number of nitrogens with one attached hydrogen (secondary N) is 1. The molecular formula is C13H21F3N2O2. The Morgan fingerprint density at radius 3 is 2.55 bits per heavy atom. The number of likely N-dealkylation sites (tertiary alicyclic amines) is 1. The smallest absolute Gasteiger partial charge is 0.378 e. The van der Waals surface area contributed by atoms with E-state index in [1.54, 1.807) is 0 Å². The number of piperidine rings is 1. The third kappa shape index (κ3) is 4.63. The predicted molar refractivity (Wildman–Crippen MR) is 67.3 cm³/mol. The summed E-state index contributed by atoms with van der Waals surface area (Å²) >= 11 is 0. The fraction of sp³-hybridized carbons (Fsp3) is 0.923. The molecule has 0 radical (unpaired) electrons. The number of alkyl halides is 3. The fourth-order valence-electron chi connectivity index (χ4n) is 2.82. The summed E-state index contributed by atoms with van der Waals surface area (Å²) in [6.07, 6.45) is -2.38. The van der Waals surface area contributed by atoms with Crippen LogP contribution in [0.2, 0.25) is 0 Å². The number of nitrogens with zero attached hydrogens (tertiary/aromatic N) is 1. The molecule has 2 aliphatic heterocycles. The van der Waals surface area contributed by atoms with Crippen molar-refractivity contribution in [3.63, 3.8) is 0 Å². The monoisotopic (exact) mass is 294 g/mol. The Morgan fingerprint density at radius 2 is 1.90 bits per heavy atom. The summed E-state index contributed by atoms with van der Waals surface area (Å²) in [6, 6.07) is -0.0843. The molecule has 2 aliphatic rings. The fourth-order valence-corrected chi connectivity index (χ4v) is 2.82. The lowest BCUT2D eigenvalue weighted by Crippen LogP contribution is -2.52. The first-order valence-corrected chi connectivity index (χ1v) is 7.13. The highest BCUT2D eigenvalue weighted by molar-refractivity contribution is 5.76. The lowest BCUT2D eigenvalue weighted by Gasteiger charge is -2.34. The van der Waals surface area contributed by atoms with Crippen molar-refractivity contribution < 1.29 is 22.7 Å². The molecule has 0 aromatic rings. The van der Waals surface area contributed by atoms with E-state index in [-0.39, 0.29) is 12.1 Å².